The van der Waals surface area contributed by atoms with Crippen LogP contribution in [0.2, 0.25) is 10.0 Å². The second kappa shape index (κ2) is 11.2. The van der Waals surface area contributed by atoms with Crippen molar-refractivity contribution in [2.24, 2.45) is 0 Å². The molecule has 1 aliphatic rings. The van der Waals surface area contributed by atoms with Crippen molar-refractivity contribution in [3.8, 4) is 5.75 Å². The Bertz CT molecular complexity index is 1170. The first-order valence-electron chi connectivity index (χ1n) is 10.8. The van der Waals surface area contributed by atoms with Crippen molar-refractivity contribution in [3.63, 3.8) is 0 Å². The average molecular weight is 515 g/mol. The zero-order valence-electron chi connectivity index (χ0n) is 18.6. The molecule has 2 amide bonds. The molecule has 1 unspecified atom stereocenters. The van der Waals surface area contributed by atoms with Crippen LogP contribution in [0.4, 0.5) is 0 Å². The average Bonchev–Trinajstić information content (AvgIpc) is 3.20. The van der Waals surface area contributed by atoms with Crippen LogP contribution in [0.5, 0.6) is 5.75 Å². The Kier molecular flexibility index (Phi) is 8.03. The Balaban J connectivity index is 1.31. The minimum absolute atomic E-state index is 0.0879. The van der Waals surface area contributed by atoms with Crippen LogP contribution in [-0.2, 0) is 11.3 Å². The second-order valence-corrected chi connectivity index (χ2v) is 9.86. The summed E-state index contributed by atoms with van der Waals surface area (Å²) in [5.74, 6) is 1.03. The Hall–Kier alpha value is -2.67. The number of thioether (sulfide) groups is 1. The smallest absolute Gasteiger partial charge is 0.251 e. The number of nitrogens with one attached hydrogen (secondary N) is 1. The van der Waals surface area contributed by atoms with E-state index in [2.05, 4.69) is 5.32 Å². The number of rotatable bonds is 8. The number of aryl methyl sites for hydroxylation is 1. The molecule has 4 rings (SSSR count). The highest BCUT2D eigenvalue weighted by molar-refractivity contribution is 8.00. The second-order valence-electron chi connectivity index (χ2n) is 7.95. The van der Waals surface area contributed by atoms with E-state index in [4.69, 9.17) is 27.9 Å². The van der Waals surface area contributed by atoms with Crippen LogP contribution in [0.25, 0.3) is 0 Å². The number of hydrogen-bond acceptors (Lipinski definition) is 4. The molecule has 0 bridgehead atoms. The van der Waals surface area contributed by atoms with Crippen LogP contribution in [-0.4, -0.2) is 35.6 Å². The monoisotopic (exact) mass is 514 g/mol. The maximum atomic E-state index is 12.5. The van der Waals surface area contributed by atoms with Crippen molar-refractivity contribution in [2.75, 3.05) is 18.9 Å². The summed E-state index contributed by atoms with van der Waals surface area (Å²) < 4.78 is 5.65. The quantitative estimate of drug-likeness (QED) is 0.381. The summed E-state index contributed by atoms with van der Waals surface area (Å²) in [7, 11) is 0. The largest absolute Gasteiger partial charge is 0.492 e. The summed E-state index contributed by atoms with van der Waals surface area (Å²) in [5.41, 5.74) is 3.55. The van der Waals surface area contributed by atoms with Crippen molar-refractivity contribution in [2.45, 2.75) is 18.8 Å². The lowest BCUT2D eigenvalue weighted by Gasteiger charge is -2.24. The van der Waals surface area contributed by atoms with Gasteiger partial charge in [0.15, 0.2) is 0 Å². The molecule has 1 atom stereocenters. The third-order valence-electron chi connectivity index (χ3n) is 5.49. The van der Waals surface area contributed by atoms with Gasteiger partial charge in [0, 0.05) is 22.2 Å². The molecular weight excluding hydrogens is 491 g/mol. The molecule has 34 heavy (non-hydrogen) atoms. The molecule has 3 aromatic carbocycles. The van der Waals surface area contributed by atoms with Gasteiger partial charge < -0.3 is 15.0 Å². The van der Waals surface area contributed by atoms with Gasteiger partial charge in [0.25, 0.3) is 5.91 Å². The summed E-state index contributed by atoms with van der Waals surface area (Å²) in [6.45, 7) is 3.15. The molecule has 0 spiro atoms. The molecule has 176 valence electrons. The number of benzene rings is 3. The van der Waals surface area contributed by atoms with Crippen LogP contribution in [0.3, 0.4) is 0 Å². The van der Waals surface area contributed by atoms with Crippen LogP contribution in [0.15, 0.2) is 66.7 Å². The molecule has 1 aliphatic heterocycles. The molecule has 0 aromatic heterocycles. The fourth-order valence-corrected chi connectivity index (χ4v) is 5.07. The number of nitrogens with zero attached hydrogens (tertiary/aromatic N) is 1. The van der Waals surface area contributed by atoms with E-state index in [-0.39, 0.29) is 17.2 Å². The molecule has 0 radical (unpaired) electrons. The highest BCUT2D eigenvalue weighted by Crippen LogP contribution is 2.39. The van der Waals surface area contributed by atoms with Gasteiger partial charge in [-0.25, -0.2) is 0 Å². The van der Waals surface area contributed by atoms with E-state index in [1.807, 2.05) is 60.4 Å². The Morgan fingerprint density at radius 3 is 2.53 bits per heavy atom. The summed E-state index contributed by atoms with van der Waals surface area (Å²) in [6.07, 6.45) is 0. The normalized spacial score (nSPS) is 15.4. The van der Waals surface area contributed by atoms with Gasteiger partial charge >= 0.3 is 0 Å². The molecule has 3 aromatic rings. The molecule has 1 N–H and O–H groups in total. The topological polar surface area (TPSA) is 58.6 Å². The highest BCUT2D eigenvalue weighted by atomic mass is 35.5. The SMILES string of the molecule is Cc1ccc(OCCNC(=O)c2ccc(C3SCC(=O)N3Cc3ccc(Cl)cc3)cc2)cc1Cl. The van der Waals surface area contributed by atoms with E-state index in [1.165, 1.54) is 0 Å². The highest BCUT2D eigenvalue weighted by Gasteiger charge is 2.32. The zero-order valence-corrected chi connectivity index (χ0v) is 20.9. The Morgan fingerprint density at radius 1 is 1.09 bits per heavy atom. The lowest BCUT2D eigenvalue weighted by atomic mass is 10.1. The molecule has 0 aliphatic carbocycles. The van der Waals surface area contributed by atoms with Crippen LogP contribution in [0.1, 0.15) is 32.4 Å². The summed E-state index contributed by atoms with van der Waals surface area (Å²) in [4.78, 5) is 26.8. The lowest BCUT2D eigenvalue weighted by molar-refractivity contribution is -0.128. The minimum atomic E-state index is -0.176. The number of carbonyl (C=O) groups excluding carboxylic acids is 2. The number of amides is 2. The van der Waals surface area contributed by atoms with E-state index >= 15 is 0 Å². The third-order valence-corrected chi connectivity index (χ3v) is 7.41. The van der Waals surface area contributed by atoms with Gasteiger partial charge in [-0.2, -0.15) is 0 Å². The Morgan fingerprint density at radius 2 is 1.82 bits per heavy atom. The van der Waals surface area contributed by atoms with Gasteiger partial charge in [0.05, 0.1) is 12.3 Å². The predicted octanol–water partition coefficient (Wildman–Crippen LogP) is 5.88. The first kappa shape index (κ1) is 24.5. The van der Waals surface area contributed by atoms with Crippen molar-refractivity contribution in [1.29, 1.82) is 0 Å². The Labute approximate surface area is 213 Å². The number of hydrogen-bond donors (Lipinski definition) is 1. The van der Waals surface area contributed by atoms with Crippen molar-refractivity contribution < 1.29 is 14.3 Å². The van der Waals surface area contributed by atoms with E-state index in [0.29, 0.717) is 46.8 Å². The van der Waals surface area contributed by atoms with Crippen LogP contribution < -0.4 is 10.1 Å². The molecule has 5 nitrogen and oxygen atoms in total. The van der Waals surface area contributed by atoms with E-state index in [0.717, 1.165) is 16.7 Å². The summed E-state index contributed by atoms with van der Waals surface area (Å²) in [5, 5.41) is 4.09. The third kappa shape index (κ3) is 6.06. The standard InChI is InChI=1S/C26H24Cl2N2O3S/c1-17-2-11-22(14-23(17)28)33-13-12-29-25(32)19-5-7-20(8-6-19)26-30(24(31)16-34-26)15-18-3-9-21(27)10-4-18/h2-11,14,26H,12-13,15-16H2,1H3,(H,29,32). The minimum Gasteiger partial charge on any atom is -0.492 e. The molecule has 1 fully saturated rings. The molecular formula is C26H24Cl2N2O3S. The fourth-order valence-electron chi connectivity index (χ4n) is 3.59. The van der Waals surface area contributed by atoms with E-state index in [1.54, 1.807) is 30.0 Å². The van der Waals surface area contributed by atoms with Gasteiger partial charge in [0.2, 0.25) is 5.91 Å². The maximum Gasteiger partial charge on any atom is 0.251 e. The van der Waals surface area contributed by atoms with Crippen molar-refractivity contribution >= 4 is 46.8 Å². The first-order valence-corrected chi connectivity index (χ1v) is 12.6. The molecule has 1 saturated heterocycles. The van der Waals surface area contributed by atoms with Gasteiger partial charge in [-0.05, 0) is 60.0 Å². The summed E-state index contributed by atoms with van der Waals surface area (Å²) in [6, 6.07) is 20.4. The summed E-state index contributed by atoms with van der Waals surface area (Å²) >= 11 is 13.7. The van der Waals surface area contributed by atoms with Crippen molar-refractivity contribution in [3.05, 3.63) is 99.0 Å². The predicted molar refractivity (Wildman–Crippen MR) is 138 cm³/mol. The zero-order chi connectivity index (χ0) is 24.1. The van der Waals surface area contributed by atoms with Crippen molar-refractivity contribution in [1.82, 2.24) is 10.2 Å². The van der Waals surface area contributed by atoms with Gasteiger partial charge in [-0.1, -0.05) is 53.5 Å². The number of carbonyl (C=O) groups is 2. The molecule has 1 heterocycles. The fraction of sp³-hybridized carbons (Fsp3) is 0.231. The van der Waals surface area contributed by atoms with Crippen LogP contribution in [0, 0.1) is 6.92 Å². The van der Waals surface area contributed by atoms with E-state index in [9.17, 15) is 9.59 Å². The maximum absolute atomic E-state index is 12.5. The number of halogens is 2. The van der Waals surface area contributed by atoms with Gasteiger partial charge in [-0.15, -0.1) is 11.8 Å². The van der Waals surface area contributed by atoms with Gasteiger partial charge in [-0.3, -0.25) is 9.59 Å². The number of ether oxygens (including phenoxy) is 1. The van der Waals surface area contributed by atoms with E-state index < -0.39 is 0 Å². The molecule has 8 heteroatoms. The van der Waals surface area contributed by atoms with Gasteiger partial charge in [0.1, 0.15) is 17.7 Å². The lowest BCUT2D eigenvalue weighted by Crippen LogP contribution is -2.28. The van der Waals surface area contributed by atoms with Crippen LogP contribution >= 0.6 is 35.0 Å². The molecule has 0 saturated carbocycles. The first-order chi connectivity index (χ1) is 16.4.